The van der Waals surface area contributed by atoms with Crippen LogP contribution in [-0.2, 0) is 0 Å². The van der Waals surface area contributed by atoms with Gasteiger partial charge in [0.1, 0.15) is 23.6 Å². The standard InChI is InChI=1S/C24H26N4O3/c1-17-6-4-5-7-21(17)31-23-14-22(25-16-26-23)27-12-13-28(18(2)15-27)24(29)19-8-10-20(30-3)11-9-19/h4-11,14,16,18H,12-13,15H2,1-3H3/t18-/m0/s1. The van der Waals surface area contributed by atoms with Crippen molar-refractivity contribution in [3.05, 3.63) is 72.1 Å². The number of nitrogens with zero attached hydrogens (tertiary/aromatic N) is 4. The summed E-state index contributed by atoms with van der Waals surface area (Å²) < 4.78 is 11.1. The zero-order valence-electron chi connectivity index (χ0n) is 18.0. The van der Waals surface area contributed by atoms with Crippen LogP contribution in [0.5, 0.6) is 17.4 Å². The molecule has 31 heavy (non-hydrogen) atoms. The molecule has 2 heterocycles. The van der Waals surface area contributed by atoms with E-state index in [9.17, 15) is 4.79 Å². The monoisotopic (exact) mass is 418 g/mol. The normalized spacial score (nSPS) is 16.2. The molecule has 3 aromatic rings. The second-order valence-corrected chi connectivity index (χ2v) is 7.60. The SMILES string of the molecule is COc1ccc(C(=O)N2CCN(c3cc(Oc4ccccc4C)ncn3)C[C@@H]2C)cc1. The Morgan fingerprint density at radius 2 is 1.84 bits per heavy atom. The van der Waals surface area contributed by atoms with E-state index in [1.807, 2.05) is 54.3 Å². The molecule has 0 spiro atoms. The van der Waals surface area contributed by atoms with E-state index in [4.69, 9.17) is 9.47 Å². The fourth-order valence-electron chi connectivity index (χ4n) is 3.71. The minimum atomic E-state index is 0.0288. The molecule has 7 nitrogen and oxygen atoms in total. The second kappa shape index (κ2) is 9.04. The van der Waals surface area contributed by atoms with Crippen LogP contribution in [0.25, 0.3) is 0 Å². The van der Waals surface area contributed by atoms with E-state index >= 15 is 0 Å². The van der Waals surface area contributed by atoms with Crippen LogP contribution < -0.4 is 14.4 Å². The van der Waals surface area contributed by atoms with Gasteiger partial charge in [-0.25, -0.2) is 9.97 Å². The summed E-state index contributed by atoms with van der Waals surface area (Å²) >= 11 is 0. The minimum Gasteiger partial charge on any atom is -0.497 e. The number of hydrogen-bond acceptors (Lipinski definition) is 6. The van der Waals surface area contributed by atoms with Crippen LogP contribution in [-0.4, -0.2) is 53.6 Å². The highest BCUT2D eigenvalue weighted by atomic mass is 16.5. The topological polar surface area (TPSA) is 67.8 Å². The smallest absolute Gasteiger partial charge is 0.254 e. The Balaban J connectivity index is 1.43. The summed E-state index contributed by atoms with van der Waals surface area (Å²) in [7, 11) is 1.61. The Morgan fingerprint density at radius 3 is 2.55 bits per heavy atom. The Hall–Kier alpha value is -3.61. The number of rotatable bonds is 5. The number of anilines is 1. The number of piperazine rings is 1. The Bertz CT molecular complexity index is 1050. The van der Waals surface area contributed by atoms with Crippen molar-refractivity contribution in [1.29, 1.82) is 0 Å². The van der Waals surface area contributed by atoms with Crippen LogP contribution in [0.4, 0.5) is 5.82 Å². The third-order valence-corrected chi connectivity index (χ3v) is 5.48. The number of aromatic nitrogens is 2. The lowest BCUT2D eigenvalue weighted by atomic mass is 10.1. The zero-order chi connectivity index (χ0) is 21.8. The lowest BCUT2D eigenvalue weighted by Crippen LogP contribution is -2.54. The summed E-state index contributed by atoms with van der Waals surface area (Å²) in [5, 5.41) is 0. The van der Waals surface area contributed by atoms with Crippen LogP contribution in [0.2, 0.25) is 0 Å². The van der Waals surface area contributed by atoms with Crippen molar-refractivity contribution in [1.82, 2.24) is 14.9 Å². The summed E-state index contributed by atoms with van der Waals surface area (Å²) in [6.45, 7) is 6.04. The van der Waals surface area contributed by atoms with E-state index in [1.54, 1.807) is 19.2 Å². The van der Waals surface area contributed by atoms with Crippen LogP contribution in [0, 0.1) is 6.92 Å². The summed E-state index contributed by atoms with van der Waals surface area (Å²) in [6, 6.07) is 16.9. The van der Waals surface area contributed by atoms with Crippen molar-refractivity contribution in [2.24, 2.45) is 0 Å². The second-order valence-electron chi connectivity index (χ2n) is 7.60. The van der Waals surface area contributed by atoms with Gasteiger partial charge in [0.15, 0.2) is 0 Å². The van der Waals surface area contributed by atoms with E-state index < -0.39 is 0 Å². The molecule has 160 valence electrons. The van der Waals surface area contributed by atoms with Gasteiger partial charge in [-0.15, -0.1) is 0 Å². The number of carbonyl (C=O) groups excluding carboxylic acids is 1. The molecule has 0 aliphatic carbocycles. The van der Waals surface area contributed by atoms with Crippen LogP contribution in [0.1, 0.15) is 22.8 Å². The van der Waals surface area contributed by atoms with Gasteiger partial charge in [0, 0.05) is 37.3 Å². The first-order valence-corrected chi connectivity index (χ1v) is 10.3. The molecule has 1 aliphatic rings. The molecule has 1 aliphatic heterocycles. The Morgan fingerprint density at radius 1 is 1.06 bits per heavy atom. The molecule has 7 heteroatoms. The number of ether oxygens (including phenoxy) is 2. The maximum absolute atomic E-state index is 13.0. The highest BCUT2D eigenvalue weighted by molar-refractivity contribution is 5.94. The Labute approximate surface area is 182 Å². The fourth-order valence-corrected chi connectivity index (χ4v) is 3.71. The van der Waals surface area contributed by atoms with E-state index in [2.05, 4.69) is 21.8 Å². The van der Waals surface area contributed by atoms with Crippen molar-refractivity contribution in [2.45, 2.75) is 19.9 Å². The van der Waals surface area contributed by atoms with Gasteiger partial charge in [-0.1, -0.05) is 18.2 Å². The lowest BCUT2D eigenvalue weighted by molar-refractivity contribution is 0.0673. The van der Waals surface area contributed by atoms with Gasteiger partial charge in [-0.05, 0) is 49.7 Å². The Kier molecular flexibility index (Phi) is 6.02. The third kappa shape index (κ3) is 4.60. The van der Waals surface area contributed by atoms with Crippen LogP contribution in [0.3, 0.4) is 0 Å². The number of carbonyl (C=O) groups is 1. The predicted molar refractivity (Wildman–Crippen MR) is 119 cm³/mol. The van der Waals surface area contributed by atoms with Crippen molar-refractivity contribution in [3.63, 3.8) is 0 Å². The molecule has 1 aromatic heterocycles. The highest BCUT2D eigenvalue weighted by Gasteiger charge is 2.29. The lowest BCUT2D eigenvalue weighted by Gasteiger charge is -2.40. The summed E-state index contributed by atoms with van der Waals surface area (Å²) in [5.41, 5.74) is 1.71. The molecule has 0 saturated carbocycles. The maximum Gasteiger partial charge on any atom is 0.254 e. The number of hydrogen-bond donors (Lipinski definition) is 0. The van der Waals surface area contributed by atoms with Gasteiger partial charge in [0.05, 0.1) is 7.11 Å². The maximum atomic E-state index is 13.0. The fraction of sp³-hybridized carbons (Fsp3) is 0.292. The van der Waals surface area contributed by atoms with Crippen molar-refractivity contribution in [3.8, 4) is 17.4 Å². The average Bonchev–Trinajstić information content (AvgIpc) is 2.80. The molecule has 0 bridgehead atoms. The van der Waals surface area contributed by atoms with Gasteiger partial charge < -0.3 is 19.3 Å². The van der Waals surface area contributed by atoms with Gasteiger partial charge in [0.2, 0.25) is 5.88 Å². The van der Waals surface area contributed by atoms with Crippen LogP contribution >= 0.6 is 0 Å². The minimum absolute atomic E-state index is 0.0288. The number of para-hydroxylation sites is 1. The molecule has 1 amide bonds. The summed E-state index contributed by atoms with van der Waals surface area (Å²) in [6.07, 6.45) is 1.52. The van der Waals surface area contributed by atoms with E-state index in [-0.39, 0.29) is 11.9 Å². The largest absolute Gasteiger partial charge is 0.497 e. The van der Waals surface area contributed by atoms with Crippen molar-refractivity contribution >= 4 is 11.7 Å². The van der Waals surface area contributed by atoms with Gasteiger partial charge in [-0.2, -0.15) is 0 Å². The molecular formula is C24H26N4O3. The van der Waals surface area contributed by atoms with Crippen molar-refractivity contribution < 1.29 is 14.3 Å². The van der Waals surface area contributed by atoms with Gasteiger partial charge in [-0.3, -0.25) is 4.79 Å². The summed E-state index contributed by atoms with van der Waals surface area (Å²) in [4.78, 5) is 25.7. The molecule has 1 saturated heterocycles. The van der Waals surface area contributed by atoms with E-state index in [0.29, 0.717) is 31.1 Å². The first-order valence-electron chi connectivity index (χ1n) is 10.3. The van der Waals surface area contributed by atoms with Crippen molar-refractivity contribution in [2.75, 3.05) is 31.6 Å². The first-order chi connectivity index (χ1) is 15.0. The summed E-state index contributed by atoms with van der Waals surface area (Å²) in [5.74, 6) is 2.84. The molecule has 0 radical (unpaired) electrons. The predicted octanol–water partition coefficient (Wildman–Crippen LogP) is 3.94. The quantitative estimate of drug-likeness (QED) is 0.625. The molecule has 0 N–H and O–H groups in total. The number of methoxy groups -OCH3 is 1. The molecule has 2 aromatic carbocycles. The zero-order valence-corrected chi connectivity index (χ0v) is 18.0. The van der Waals surface area contributed by atoms with Gasteiger partial charge in [0.25, 0.3) is 5.91 Å². The number of amides is 1. The molecule has 1 fully saturated rings. The molecule has 1 atom stereocenters. The third-order valence-electron chi connectivity index (χ3n) is 5.48. The molecule has 4 rings (SSSR count). The van der Waals surface area contributed by atoms with E-state index in [1.165, 1.54) is 6.33 Å². The van der Waals surface area contributed by atoms with Gasteiger partial charge >= 0.3 is 0 Å². The highest BCUT2D eigenvalue weighted by Crippen LogP contribution is 2.26. The van der Waals surface area contributed by atoms with E-state index in [0.717, 1.165) is 22.9 Å². The number of aryl methyl sites for hydroxylation is 1. The molecule has 0 unspecified atom stereocenters. The molecular weight excluding hydrogens is 392 g/mol. The van der Waals surface area contributed by atoms with Crippen LogP contribution in [0.15, 0.2) is 60.9 Å². The average molecular weight is 418 g/mol. The number of benzene rings is 2. The first kappa shape index (κ1) is 20.7.